The summed E-state index contributed by atoms with van der Waals surface area (Å²) in [4.78, 5) is 18.1. The number of nitrogens with zero attached hydrogens (tertiary/aromatic N) is 3. The third-order valence-corrected chi connectivity index (χ3v) is 6.01. The van der Waals surface area contributed by atoms with E-state index in [0.29, 0.717) is 40.1 Å². The Balaban J connectivity index is 1.98. The maximum atomic E-state index is 13.7. The van der Waals surface area contributed by atoms with Crippen molar-refractivity contribution in [1.29, 1.82) is 0 Å². The van der Waals surface area contributed by atoms with Gasteiger partial charge in [0.1, 0.15) is 34.2 Å². The highest BCUT2D eigenvalue weighted by atomic mass is 32.1. The average Bonchev–Trinajstić information content (AvgIpc) is 2.93. The van der Waals surface area contributed by atoms with E-state index in [1.165, 1.54) is 29.6 Å². The van der Waals surface area contributed by atoms with Crippen LogP contribution in [0.1, 0.15) is 5.56 Å². The Morgan fingerprint density at radius 2 is 1.27 bits per heavy atom. The quantitative estimate of drug-likeness (QED) is 0.263. The van der Waals surface area contributed by atoms with Crippen LogP contribution in [0.3, 0.4) is 0 Å². The van der Waals surface area contributed by atoms with Crippen molar-refractivity contribution in [3.05, 3.63) is 87.4 Å². The smallest absolute Gasteiger partial charge is 0.271 e. The molecule has 1 aromatic heterocycles. The molecule has 4 rings (SSSR count). The third kappa shape index (κ3) is 5.05. The number of aromatic hydroxyl groups is 1. The lowest BCUT2D eigenvalue weighted by molar-refractivity contribution is 0.404. The highest BCUT2D eigenvalue weighted by Crippen LogP contribution is 2.32. The fourth-order valence-corrected chi connectivity index (χ4v) is 4.06. The Morgan fingerprint density at radius 1 is 0.757 bits per heavy atom. The zero-order valence-corrected chi connectivity index (χ0v) is 21.5. The van der Waals surface area contributed by atoms with Crippen LogP contribution in [0.2, 0.25) is 0 Å². The van der Waals surface area contributed by atoms with Gasteiger partial charge in [0, 0.05) is 12.3 Å². The molecule has 0 unspecified atom stereocenters. The Bertz CT molecular complexity index is 1560. The van der Waals surface area contributed by atoms with Gasteiger partial charge in [-0.2, -0.15) is 0 Å². The Kier molecular flexibility index (Phi) is 7.59. The Labute approximate surface area is 218 Å². The van der Waals surface area contributed by atoms with Crippen molar-refractivity contribution >= 4 is 24.1 Å². The van der Waals surface area contributed by atoms with Gasteiger partial charge in [0.25, 0.3) is 5.56 Å². The number of methoxy groups -OCH3 is 4. The van der Waals surface area contributed by atoms with Gasteiger partial charge < -0.3 is 24.1 Å². The van der Waals surface area contributed by atoms with Crippen LogP contribution in [0.4, 0.5) is 5.69 Å². The van der Waals surface area contributed by atoms with E-state index in [-0.39, 0.29) is 16.2 Å². The van der Waals surface area contributed by atoms with Crippen LogP contribution < -0.4 is 24.5 Å². The summed E-state index contributed by atoms with van der Waals surface area (Å²) in [6.45, 7) is 0. The summed E-state index contributed by atoms with van der Waals surface area (Å²) in [5.41, 5.74) is 0.800. The second kappa shape index (κ2) is 11.0. The lowest BCUT2D eigenvalue weighted by atomic mass is 10.2. The number of aromatic nitrogens is 2. The first-order chi connectivity index (χ1) is 17.9. The molecule has 0 saturated carbocycles. The minimum atomic E-state index is -0.553. The zero-order valence-electron chi connectivity index (χ0n) is 20.7. The molecule has 0 aliphatic heterocycles. The van der Waals surface area contributed by atoms with E-state index in [1.807, 2.05) is 0 Å². The molecule has 0 aliphatic rings. The third-order valence-electron chi connectivity index (χ3n) is 5.65. The first-order valence-electron chi connectivity index (χ1n) is 11.1. The second-order valence-electron chi connectivity index (χ2n) is 7.69. The van der Waals surface area contributed by atoms with Crippen LogP contribution in [-0.4, -0.2) is 48.9 Å². The average molecular weight is 520 g/mol. The fourth-order valence-electron chi connectivity index (χ4n) is 3.68. The van der Waals surface area contributed by atoms with E-state index >= 15 is 0 Å². The van der Waals surface area contributed by atoms with Gasteiger partial charge in [-0.25, -0.2) is 0 Å². The summed E-state index contributed by atoms with van der Waals surface area (Å²) in [5, 5.41) is 11.3. The minimum absolute atomic E-state index is 0.0638. The molecule has 0 bridgehead atoms. The number of hydrogen-bond donors (Lipinski definition) is 1. The molecule has 10 heteroatoms. The molecule has 0 aliphatic carbocycles. The normalized spacial score (nSPS) is 10.9. The predicted molar refractivity (Wildman–Crippen MR) is 144 cm³/mol. The summed E-state index contributed by atoms with van der Waals surface area (Å²) in [6, 6.07) is 18.9. The number of ether oxygens (including phenoxy) is 4. The van der Waals surface area contributed by atoms with Crippen LogP contribution in [0.15, 0.2) is 76.5 Å². The maximum absolute atomic E-state index is 13.7. The molecular formula is C27H25N3O6S. The molecule has 190 valence electrons. The van der Waals surface area contributed by atoms with E-state index < -0.39 is 5.56 Å². The molecule has 9 nitrogen and oxygen atoms in total. The molecule has 37 heavy (non-hydrogen) atoms. The number of rotatable bonds is 8. The van der Waals surface area contributed by atoms with Crippen molar-refractivity contribution in [2.24, 2.45) is 4.99 Å². The van der Waals surface area contributed by atoms with Gasteiger partial charge in [-0.3, -0.25) is 18.9 Å². The van der Waals surface area contributed by atoms with Gasteiger partial charge in [-0.05, 0) is 72.9 Å². The fraction of sp³-hybridized carbons (Fsp3) is 0.148. The first-order valence-corrected chi connectivity index (χ1v) is 11.5. The minimum Gasteiger partial charge on any atom is -0.497 e. The van der Waals surface area contributed by atoms with Crippen LogP contribution in [0, 0.1) is 4.77 Å². The molecule has 4 aromatic rings. The van der Waals surface area contributed by atoms with Gasteiger partial charge >= 0.3 is 0 Å². The highest BCUT2D eigenvalue weighted by molar-refractivity contribution is 7.71. The van der Waals surface area contributed by atoms with E-state index in [9.17, 15) is 9.90 Å². The molecule has 1 N–H and O–H groups in total. The molecule has 0 radical (unpaired) electrons. The first kappa shape index (κ1) is 25.5. The molecule has 0 amide bonds. The van der Waals surface area contributed by atoms with Gasteiger partial charge in [-0.15, -0.1) is 0 Å². The Hall–Kier alpha value is -4.57. The topological polar surface area (TPSA) is 96.4 Å². The SMILES string of the molecule is COc1ccc(-n2c(O)c(C=Nc3cc(OC)ccc3OC)c(=O)n(-c3ccc(OC)cc3)c2=S)cc1. The van der Waals surface area contributed by atoms with Crippen molar-refractivity contribution in [1.82, 2.24) is 9.13 Å². The van der Waals surface area contributed by atoms with Gasteiger partial charge in [0.05, 0.1) is 39.8 Å². The standard InChI is InChI=1S/C27H25N3O6S/c1-33-19-9-5-17(6-10-19)29-25(31)22(16-28-23-15-21(35-3)13-14-24(23)36-4)26(32)30(27(29)37)18-7-11-20(34-2)12-8-18/h5-16,31H,1-4H3. The molecule has 3 aromatic carbocycles. The summed E-state index contributed by atoms with van der Waals surface area (Å²) < 4.78 is 23.9. The lowest BCUT2D eigenvalue weighted by Gasteiger charge is -2.17. The summed E-state index contributed by atoms with van der Waals surface area (Å²) >= 11 is 5.69. The lowest BCUT2D eigenvalue weighted by Crippen LogP contribution is -2.27. The molecule has 0 saturated heterocycles. The van der Waals surface area contributed by atoms with Gasteiger partial charge in [-0.1, -0.05) is 0 Å². The van der Waals surface area contributed by atoms with Gasteiger partial charge in [0.2, 0.25) is 5.88 Å². The van der Waals surface area contributed by atoms with Crippen molar-refractivity contribution in [2.45, 2.75) is 0 Å². The van der Waals surface area contributed by atoms with E-state index in [0.717, 1.165) is 0 Å². The molecule has 0 fully saturated rings. The van der Waals surface area contributed by atoms with Crippen LogP contribution >= 0.6 is 12.2 Å². The molecule has 1 heterocycles. The second-order valence-corrected chi connectivity index (χ2v) is 8.05. The van der Waals surface area contributed by atoms with Crippen molar-refractivity contribution in [3.63, 3.8) is 0 Å². The summed E-state index contributed by atoms with van der Waals surface area (Å²) in [5.74, 6) is 1.91. The number of benzene rings is 3. The summed E-state index contributed by atoms with van der Waals surface area (Å²) in [6.07, 6.45) is 1.28. The zero-order chi connectivity index (χ0) is 26.5. The summed E-state index contributed by atoms with van der Waals surface area (Å²) in [7, 11) is 6.16. The number of hydrogen-bond acceptors (Lipinski definition) is 8. The molecular weight excluding hydrogens is 494 g/mol. The van der Waals surface area contributed by atoms with Gasteiger partial charge in [0.15, 0.2) is 4.77 Å². The number of aliphatic imine (C=N–C) groups is 1. The van der Waals surface area contributed by atoms with Crippen molar-refractivity contribution < 1.29 is 24.1 Å². The maximum Gasteiger partial charge on any atom is 0.271 e. The van der Waals surface area contributed by atoms with Crippen LogP contribution in [0.25, 0.3) is 11.4 Å². The van der Waals surface area contributed by atoms with E-state index in [4.69, 9.17) is 31.2 Å². The Morgan fingerprint density at radius 3 is 1.78 bits per heavy atom. The van der Waals surface area contributed by atoms with E-state index in [2.05, 4.69) is 4.99 Å². The van der Waals surface area contributed by atoms with Crippen molar-refractivity contribution in [2.75, 3.05) is 28.4 Å². The largest absolute Gasteiger partial charge is 0.497 e. The highest BCUT2D eigenvalue weighted by Gasteiger charge is 2.19. The van der Waals surface area contributed by atoms with Crippen LogP contribution in [-0.2, 0) is 0 Å². The molecule has 0 atom stereocenters. The van der Waals surface area contributed by atoms with Crippen molar-refractivity contribution in [3.8, 4) is 40.3 Å². The monoisotopic (exact) mass is 519 g/mol. The molecule has 0 spiro atoms. The van der Waals surface area contributed by atoms with E-state index in [1.54, 1.807) is 80.9 Å². The van der Waals surface area contributed by atoms with Crippen LogP contribution in [0.5, 0.6) is 28.9 Å². The predicted octanol–water partition coefficient (Wildman–Crippen LogP) is 4.85.